The molecule has 88 valence electrons. The smallest absolute Gasteiger partial charge is 0.186 e. The van der Waals surface area contributed by atoms with Crippen molar-refractivity contribution in [3.63, 3.8) is 0 Å². The molecule has 1 N–H and O–H groups in total. The first kappa shape index (κ1) is 11.4. The topological polar surface area (TPSA) is 63.6 Å². The van der Waals surface area contributed by atoms with E-state index in [1.54, 1.807) is 19.3 Å². The van der Waals surface area contributed by atoms with Crippen molar-refractivity contribution in [2.75, 3.05) is 5.32 Å². The lowest BCUT2D eigenvalue weighted by molar-refractivity contribution is 0.604. The van der Waals surface area contributed by atoms with Crippen LogP contribution >= 0.6 is 0 Å². The third kappa shape index (κ3) is 2.72. The molecule has 0 saturated heterocycles. The average Bonchev–Trinajstić information content (AvgIpc) is 2.33. The zero-order chi connectivity index (χ0) is 12.3. The molecule has 0 aliphatic carbocycles. The summed E-state index contributed by atoms with van der Waals surface area (Å²) >= 11 is 0. The maximum Gasteiger partial charge on any atom is 0.186 e. The van der Waals surface area contributed by atoms with Crippen LogP contribution in [0, 0.1) is 19.7 Å². The third-order valence-electron chi connectivity index (χ3n) is 2.24. The van der Waals surface area contributed by atoms with Crippen molar-refractivity contribution in [2.24, 2.45) is 0 Å². The van der Waals surface area contributed by atoms with Crippen LogP contribution in [0.4, 0.5) is 10.2 Å². The van der Waals surface area contributed by atoms with Crippen molar-refractivity contribution in [1.82, 2.24) is 19.9 Å². The fraction of sp³-hybridized carbons (Fsp3) is 0.273. The SMILES string of the molecule is Cc1cnc(CNc2ncnc(C)c2F)cn1. The van der Waals surface area contributed by atoms with E-state index >= 15 is 0 Å². The van der Waals surface area contributed by atoms with E-state index in [9.17, 15) is 4.39 Å². The van der Waals surface area contributed by atoms with Gasteiger partial charge in [-0.2, -0.15) is 0 Å². The number of halogens is 1. The van der Waals surface area contributed by atoms with Gasteiger partial charge in [-0.15, -0.1) is 0 Å². The van der Waals surface area contributed by atoms with Gasteiger partial charge in [0.05, 0.1) is 29.8 Å². The van der Waals surface area contributed by atoms with Crippen molar-refractivity contribution in [3.05, 3.63) is 41.6 Å². The Kier molecular flexibility index (Phi) is 3.22. The van der Waals surface area contributed by atoms with Gasteiger partial charge in [-0.05, 0) is 13.8 Å². The van der Waals surface area contributed by atoms with Crippen LogP contribution in [0.2, 0.25) is 0 Å². The summed E-state index contributed by atoms with van der Waals surface area (Å²) in [6.45, 7) is 3.83. The number of rotatable bonds is 3. The molecule has 6 heteroatoms. The minimum atomic E-state index is -0.437. The molecule has 2 aromatic rings. The summed E-state index contributed by atoms with van der Waals surface area (Å²) in [4.78, 5) is 15.8. The van der Waals surface area contributed by atoms with Gasteiger partial charge < -0.3 is 5.32 Å². The van der Waals surface area contributed by atoms with Gasteiger partial charge in [0.25, 0.3) is 0 Å². The van der Waals surface area contributed by atoms with Crippen LogP contribution in [0.5, 0.6) is 0 Å². The van der Waals surface area contributed by atoms with Gasteiger partial charge in [0, 0.05) is 6.20 Å². The summed E-state index contributed by atoms with van der Waals surface area (Å²) in [5.74, 6) is -0.257. The van der Waals surface area contributed by atoms with Crippen molar-refractivity contribution < 1.29 is 4.39 Å². The van der Waals surface area contributed by atoms with E-state index in [0.717, 1.165) is 11.4 Å². The molecule has 0 amide bonds. The molecule has 5 nitrogen and oxygen atoms in total. The molecule has 0 aromatic carbocycles. The highest BCUT2D eigenvalue weighted by Gasteiger charge is 2.07. The number of nitrogens with zero attached hydrogens (tertiary/aromatic N) is 4. The lowest BCUT2D eigenvalue weighted by atomic mass is 10.3. The standard InChI is InChI=1S/C11H12FN5/c1-7-3-14-9(4-13-7)5-15-11-10(12)8(2)16-6-17-11/h3-4,6H,5H2,1-2H3,(H,15,16,17). The monoisotopic (exact) mass is 233 g/mol. The van der Waals surface area contributed by atoms with Gasteiger partial charge in [-0.25, -0.2) is 14.4 Å². The van der Waals surface area contributed by atoms with Gasteiger partial charge in [0.15, 0.2) is 11.6 Å². The number of hydrogen-bond donors (Lipinski definition) is 1. The van der Waals surface area contributed by atoms with Crippen LogP contribution in [-0.4, -0.2) is 19.9 Å². The second-order valence-electron chi connectivity index (χ2n) is 3.62. The Morgan fingerprint density at radius 2 is 1.94 bits per heavy atom. The molecule has 2 heterocycles. The third-order valence-corrected chi connectivity index (χ3v) is 2.24. The minimum Gasteiger partial charge on any atom is -0.362 e. The molecule has 2 rings (SSSR count). The van der Waals surface area contributed by atoms with Crippen LogP contribution in [0.1, 0.15) is 17.1 Å². The van der Waals surface area contributed by atoms with E-state index < -0.39 is 5.82 Å². The Hall–Kier alpha value is -2.11. The zero-order valence-corrected chi connectivity index (χ0v) is 9.61. The van der Waals surface area contributed by atoms with Gasteiger partial charge in [0.2, 0.25) is 0 Å². The lowest BCUT2D eigenvalue weighted by Crippen LogP contribution is -2.07. The van der Waals surface area contributed by atoms with E-state index in [4.69, 9.17) is 0 Å². The van der Waals surface area contributed by atoms with Gasteiger partial charge in [-0.1, -0.05) is 0 Å². The normalized spacial score (nSPS) is 10.3. The van der Waals surface area contributed by atoms with Gasteiger partial charge >= 0.3 is 0 Å². The van der Waals surface area contributed by atoms with Gasteiger partial charge in [0.1, 0.15) is 6.33 Å². The van der Waals surface area contributed by atoms with E-state index in [1.165, 1.54) is 6.33 Å². The Morgan fingerprint density at radius 1 is 1.12 bits per heavy atom. The summed E-state index contributed by atoms with van der Waals surface area (Å²) in [5.41, 5.74) is 1.89. The molecule has 0 radical (unpaired) electrons. The second kappa shape index (κ2) is 4.82. The molecular formula is C11H12FN5. The summed E-state index contributed by atoms with van der Waals surface area (Å²) in [6, 6.07) is 0. The maximum atomic E-state index is 13.5. The number of anilines is 1. The van der Waals surface area contributed by atoms with Crippen LogP contribution in [-0.2, 0) is 6.54 Å². The molecule has 0 aliphatic rings. The predicted octanol–water partition coefficient (Wildman–Crippen LogP) is 1.63. The highest BCUT2D eigenvalue weighted by atomic mass is 19.1. The Bertz CT molecular complexity index is 512. The van der Waals surface area contributed by atoms with Crippen LogP contribution in [0.15, 0.2) is 18.7 Å². The summed E-state index contributed by atoms with van der Waals surface area (Å²) < 4.78 is 13.5. The molecule has 0 fully saturated rings. The zero-order valence-electron chi connectivity index (χ0n) is 9.61. The van der Waals surface area contributed by atoms with Crippen LogP contribution in [0.25, 0.3) is 0 Å². The molecule has 0 aliphatic heterocycles. The quantitative estimate of drug-likeness (QED) is 0.873. The second-order valence-corrected chi connectivity index (χ2v) is 3.62. The fourth-order valence-electron chi connectivity index (χ4n) is 1.27. The van der Waals surface area contributed by atoms with Crippen LogP contribution in [0.3, 0.4) is 0 Å². The van der Waals surface area contributed by atoms with E-state index in [2.05, 4.69) is 25.3 Å². The summed E-state index contributed by atoms with van der Waals surface area (Å²) in [6.07, 6.45) is 4.63. The Labute approximate surface area is 98.2 Å². The van der Waals surface area contributed by atoms with Crippen molar-refractivity contribution in [2.45, 2.75) is 20.4 Å². The highest BCUT2D eigenvalue weighted by Crippen LogP contribution is 2.12. The van der Waals surface area contributed by atoms with Crippen molar-refractivity contribution >= 4 is 5.82 Å². The average molecular weight is 233 g/mol. The number of aromatic nitrogens is 4. The molecule has 0 bridgehead atoms. The largest absolute Gasteiger partial charge is 0.362 e. The Balaban J connectivity index is 2.07. The maximum absolute atomic E-state index is 13.5. The molecule has 0 atom stereocenters. The molecule has 17 heavy (non-hydrogen) atoms. The summed E-state index contributed by atoms with van der Waals surface area (Å²) in [5, 5.41) is 2.86. The molecule has 0 saturated carbocycles. The molecule has 0 spiro atoms. The van der Waals surface area contributed by atoms with Crippen molar-refractivity contribution in [1.29, 1.82) is 0 Å². The minimum absolute atomic E-state index is 0.180. The first-order chi connectivity index (χ1) is 8.16. The van der Waals surface area contributed by atoms with E-state index in [1.807, 2.05) is 6.92 Å². The first-order valence-corrected chi connectivity index (χ1v) is 5.15. The van der Waals surface area contributed by atoms with Gasteiger partial charge in [-0.3, -0.25) is 9.97 Å². The number of nitrogens with one attached hydrogen (secondary N) is 1. The number of hydrogen-bond acceptors (Lipinski definition) is 5. The molecule has 2 aromatic heterocycles. The fourth-order valence-corrected chi connectivity index (χ4v) is 1.27. The van der Waals surface area contributed by atoms with Crippen LogP contribution < -0.4 is 5.32 Å². The van der Waals surface area contributed by atoms with E-state index in [-0.39, 0.29) is 5.82 Å². The van der Waals surface area contributed by atoms with E-state index in [0.29, 0.717) is 12.2 Å². The first-order valence-electron chi connectivity index (χ1n) is 5.15. The molecular weight excluding hydrogens is 221 g/mol. The summed E-state index contributed by atoms with van der Waals surface area (Å²) in [7, 11) is 0. The predicted molar refractivity (Wildman–Crippen MR) is 60.8 cm³/mol. The Morgan fingerprint density at radius 3 is 2.65 bits per heavy atom. The highest BCUT2D eigenvalue weighted by molar-refractivity contribution is 5.37. The molecule has 0 unspecified atom stereocenters. The van der Waals surface area contributed by atoms with Crippen molar-refractivity contribution in [3.8, 4) is 0 Å². The number of aryl methyl sites for hydroxylation is 2. The lowest BCUT2D eigenvalue weighted by Gasteiger charge is -2.06.